The van der Waals surface area contributed by atoms with Crippen LogP contribution >= 0.6 is 15.9 Å². The predicted molar refractivity (Wildman–Crippen MR) is 113 cm³/mol. The molecule has 2 N–H and O–H groups in total. The van der Waals surface area contributed by atoms with E-state index in [4.69, 9.17) is 9.47 Å². The number of benzene rings is 1. The van der Waals surface area contributed by atoms with Crippen molar-refractivity contribution in [3.8, 4) is 23.3 Å². The van der Waals surface area contributed by atoms with Crippen LogP contribution in [-0.2, 0) is 0 Å². The van der Waals surface area contributed by atoms with Crippen molar-refractivity contribution >= 4 is 15.9 Å². The minimum Gasteiger partial charge on any atom is -0.493 e. The smallest absolute Gasteiger partial charge is 0.177 e. The number of nitrogens with zero attached hydrogens (tertiary/aromatic N) is 1. The van der Waals surface area contributed by atoms with Gasteiger partial charge in [0.15, 0.2) is 17.1 Å². The summed E-state index contributed by atoms with van der Waals surface area (Å²) >= 11 is 3.82. The number of ether oxygens (including phenoxy) is 2. The Balaban J connectivity index is 2.10. The number of hydrogen-bond donors (Lipinski definition) is 2. The van der Waals surface area contributed by atoms with Gasteiger partial charge < -0.3 is 24.6 Å². The quantitative estimate of drug-likeness (QED) is 0.544. The second kappa shape index (κ2) is 7.87. The van der Waals surface area contributed by atoms with Gasteiger partial charge in [0.2, 0.25) is 0 Å². The maximum atomic E-state index is 11.9. The number of rotatable bonds is 4. The molecule has 3 rings (SSSR count). The largest absolute Gasteiger partial charge is 0.493 e. The first-order chi connectivity index (χ1) is 13.2. The fourth-order valence-corrected chi connectivity index (χ4v) is 5.94. The van der Waals surface area contributed by atoms with Gasteiger partial charge in [-0.3, -0.25) is 0 Å². The van der Waals surface area contributed by atoms with E-state index in [0.29, 0.717) is 30.2 Å². The van der Waals surface area contributed by atoms with E-state index in [2.05, 4.69) is 32.7 Å². The van der Waals surface area contributed by atoms with E-state index in [1.165, 1.54) is 0 Å². The van der Waals surface area contributed by atoms with Gasteiger partial charge in [-0.05, 0) is 45.9 Å². The number of alkyl halides is 1. The summed E-state index contributed by atoms with van der Waals surface area (Å²) < 4.78 is 10.8. The highest BCUT2D eigenvalue weighted by molar-refractivity contribution is 9.10. The molecule has 154 valence electrons. The molecule has 0 aromatic heterocycles. The molecule has 3 atom stereocenters. The summed E-state index contributed by atoms with van der Waals surface area (Å²) in [5.74, 6) is 7.53. The van der Waals surface area contributed by atoms with Crippen LogP contribution in [0.3, 0.4) is 0 Å². The summed E-state index contributed by atoms with van der Waals surface area (Å²) in [6, 6.07) is 5.57. The average molecular weight is 452 g/mol. The van der Waals surface area contributed by atoms with Crippen LogP contribution in [0.2, 0.25) is 0 Å². The van der Waals surface area contributed by atoms with Crippen LogP contribution in [0, 0.1) is 17.3 Å². The standard InChI is InChI=1S/C22H30BrNO4/c1-16(2)28-19-17(7-5-8-18(19)27-4)9-12-22(26)20(15-25)10-6-11-21(22,23)14-24(3)13-20/h5,7-8,16,25-26H,6,10-11,13-15H2,1-4H3/t20-,21-,22-/m0/s1. The molecule has 0 spiro atoms. The van der Waals surface area contributed by atoms with Gasteiger partial charge in [0, 0.05) is 18.5 Å². The number of hydrogen-bond acceptors (Lipinski definition) is 5. The Kier molecular flexibility index (Phi) is 6.03. The van der Waals surface area contributed by atoms with Gasteiger partial charge in [-0.25, -0.2) is 0 Å². The first-order valence-electron chi connectivity index (χ1n) is 9.78. The summed E-state index contributed by atoms with van der Waals surface area (Å²) in [4.78, 5) is 2.17. The van der Waals surface area contributed by atoms with Crippen LogP contribution in [0.1, 0.15) is 38.7 Å². The monoisotopic (exact) mass is 451 g/mol. The van der Waals surface area contributed by atoms with Crippen molar-refractivity contribution in [2.75, 3.05) is 33.9 Å². The van der Waals surface area contributed by atoms with Gasteiger partial charge in [-0.2, -0.15) is 0 Å². The van der Waals surface area contributed by atoms with Gasteiger partial charge >= 0.3 is 0 Å². The van der Waals surface area contributed by atoms with E-state index in [9.17, 15) is 10.2 Å². The third-order valence-electron chi connectivity index (χ3n) is 5.97. The molecule has 5 nitrogen and oxygen atoms in total. The minimum atomic E-state index is -1.35. The van der Waals surface area contributed by atoms with E-state index in [1.54, 1.807) is 7.11 Å². The van der Waals surface area contributed by atoms with Crippen LogP contribution in [0.25, 0.3) is 0 Å². The molecule has 2 fully saturated rings. The Morgan fingerprint density at radius 1 is 1.29 bits per heavy atom. The highest BCUT2D eigenvalue weighted by Gasteiger charge is 2.66. The maximum absolute atomic E-state index is 11.9. The second-order valence-electron chi connectivity index (χ2n) is 8.39. The fraction of sp³-hybridized carbons (Fsp3) is 0.636. The minimum absolute atomic E-state index is 0.0334. The number of methoxy groups -OCH3 is 1. The van der Waals surface area contributed by atoms with Crippen molar-refractivity contribution in [2.24, 2.45) is 5.41 Å². The second-order valence-corrected chi connectivity index (χ2v) is 9.91. The number of para-hydroxylation sites is 1. The van der Waals surface area contributed by atoms with E-state index in [0.717, 1.165) is 19.3 Å². The van der Waals surface area contributed by atoms with E-state index < -0.39 is 15.3 Å². The molecule has 28 heavy (non-hydrogen) atoms. The lowest BCUT2D eigenvalue weighted by Gasteiger charge is -2.61. The SMILES string of the molecule is COc1cccc(C#C[C@@]2(O)[C@]3(Br)CCC[C@@]2(CO)CN(C)C3)c1OC(C)C. The zero-order chi connectivity index (χ0) is 20.6. The molecule has 1 heterocycles. The number of aliphatic hydroxyl groups excluding tert-OH is 1. The lowest BCUT2D eigenvalue weighted by atomic mass is 9.56. The number of fused-ring (bicyclic) bond motifs is 2. The van der Waals surface area contributed by atoms with Crippen molar-refractivity contribution < 1.29 is 19.7 Å². The Bertz CT molecular complexity index is 788. The maximum Gasteiger partial charge on any atom is 0.177 e. The Hall–Kier alpha value is -1.26. The van der Waals surface area contributed by atoms with Crippen LogP contribution in [0.15, 0.2) is 18.2 Å². The van der Waals surface area contributed by atoms with Gasteiger partial charge in [0.05, 0.1) is 29.7 Å². The number of halogens is 1. The van der Waals surface area contributed by atoms with Crippen molar-refractivity contribution in [3.05, 3.63) is 23.8 Å². The van der Waals surface area contributed by atoms with Crippen molar-refractivity contribution in [3.63, 3.8) is 0 Å². The van der Waals surface area contributed by atoms with Gasteiger partial charge in [-0.15, -0.1) is 0 Å². The summed E-state index contributed by atoms with van der Waals surface area (Å²) in [7, 11) is 3.62. The normalized spacial score (nSPS) is 32.6. The third kappa shape index (κ3) is 3.43. The molecular formula is C22H30BrNO4. The van der Waals surface area contributed by atoms with Gasteiger partial charge in [0.25, 0.3) is 0 Å². The van der Waals surface area contributed by atoms with Crippen molar-refractivity contribution in [1.29, 1.82) is 0 Å². The first kappa shape index (κ1) is 21.4. The molecule has 1 aromatic carbocycles. The number of aliphatic hydroxyl groups is 2. The Morgan fingerprint density at radius 2 is 2.04 bits per heavy atom. The van der Waals surface area contributed by atoms with Crippen LogP contribution in [0.4, 0.5) is 0 Å². The zero-order valence-electron chi connectivity index (χ0n) is 17.1. The van der Waals surface area contributed by atoms with Gasteiger partial charge in [-0.1, -0.05) is 40.3 Å². The summed E-state index contributed by atoms with van der Waals surface area (Å²) in [6.45, 7) is 5.08. The Labute approximate surface area is 176 Å². The molecule has 2 bridgehead atoms. The summed E-state index contributed by atoms with van der Waals surface area (Å²) in [6.07, 6.45) is 2.45. The molecule has 1 aromatic rings. The molecule has 6 heteroatoms. The molecule has 1 aliphatic heterocycles. The van der Waals surface area contributed by atoms with Crippen LogP contribution < -0.4 is 9.47 Å². The van der Waals surface area contributed by atoms with Crippen LogP contribution in [-0.4, -0.2) is 65.0 Å². The number of likely N-dealkylation sites (tertiary alicyclic amines) is 1. The van der Waals surface area contributed by atoms with Crippen molar-refractivity contribution in [1.82, 2.24) is 4.90 Å². The summed E-state index contributed by atoms with van der Waals surface area (Å²) in [5.41, 5.74) is -1.37. The molecule has 1 saturated heterocycles. The molecule has 2 aliphatic rings. The molecule has 1 aliphatic carbocycles. The third-order valence-corrected chi connectivity index (χ3v) is 7.19. The topological polar surface area (TPSA) is 62.2 Å². The summed E-state index contributed by atoms with van der Waals surface area (Å²) in [5, 5.41) is 22.2. The Morgan fingerprint density at radius 3 is 2.68 bits per heavy atom. The highest BCUT2D eigenvalue weighted by Crippen LogP contribution is 2.56. The zero-order valence-corrected chi connectivity index (χ0v) is 18.7. The van der Waals surface area contributed by atoms with E-state index >= 15 is 0 Å². The van der Waals surface area contributed by atoms with Crippen molar-refractivity contribution in [2.45, 2.75) is 49.1 Å². The van der Waals surface area contributed by atoms with Gasteiger partial charge in [0.1, 0.15) is 0 Å². The lowest BCUT2D eigenvalue weighted by Crippen LogP contribution is -2.73. The molecule has 0 unspecified atom stereocenters. The lowest BCUT2D eigenvalue weighted by molar-refractivity contribution is -0.157. The first-order valence-corrected chi connectivity index (χ1v) is 10.6. The van der Waals surface area contributed by atoms with E-state index in [-0.39, 0.29) is 12.7 Å². The molecule has 0 radical (unpaired) electrons. The molecule has 0 amide bonds. The highest BCUT2D eigenvalue weighted by atomic mass is 79.9. The average Bonchev–Trinajstić information content (AvgIpc) is 2.63. The molecule has 1 saturated carbocycles. The number of piperidine rings is 1. The predicted octanol–water partition coefficient (Wildman–Crippen LogP) is 2.81. The van der Waals surface area contributed by atoms with Crippen LogP contribution in [0.5, 0.6) is 11.5 Å². The van der Waals surface area contributed by atoms with E-state index in [1.807, 2.05) is 39.1 Å². The fourth-order valence-electron chi connectivity index (χ4n) is 4.71. The molecular weight excluding hydrogens is 422 g/mol.